The van der Waals surface area contributed by atoms with E-state index in [0.717, 1.165) is 40.9 Å². The predicted octanol–water partition coefficient (Wildman–Crippen LogP) is 2.74. The molecule has 0 aliphatic carbocycles. The van der Waals surface area contributed by atoms with Crippen LogP contribution in [-0.4, -0.2) is 41.4 Å². The van der Waals surface area contributed by atoms with Crippen molar-refractivity contribution in [2.75, 3.05) is 31.2 Å². The van der Waals surface area contributed by atoms with Crippen molar-refractivity contribution in [1.29, 1.82) is 0 Å². The SMILES string of the molecule is Cc1nc(-c2cc3cccc(C)c3nc2N2CCOCC2)no1. The molecule has 1 fully saturated rings. The predicted molar refractivity (Wildman–Crippen MR) is 87.5 cm³/mol. The second-order valence-electron chi connectivity index (χ2n) is 5.74. The number of morpholine rings is 1. The van der Waals surface area contributed by atoms with Crippen LogP contribution in [0.3, 0.4) is 0 Å². The number of ether oxygens (including phenoxy) is 1. The van der Waals surface area contributed by atoms with Crippen molar-refractivity contribution >= 4 is 16.7 Å². The Labute approximate surface area is 134 Å². The van der Waals surface area contributed by atoms with Crippen molar-refractivity contribution in [2.24, 2.45) is 0 Å². The van der Waals surface area contributed by atoms with Gasteiger partial charge in [-0.3, -0.25) is 0 Å². The van der Waals surface area contributed by atoms with E-state index in [-0.39, 0.29) is 0 Å². The first kappa shape index (κ1) is 14.1. The van der Waals surface area contributed by atoms with Crippen LogP contribution in [-0.2, 0) is 4.74 Å². The Morgan fingerprint density at radius 2 is 1.91 bits per heavy atom. The molecular formula is C17H18N4O2. The maximum Gasteiger partial charge on any atom is 0.223 e. The Balaban J connectivity index is 1.94. The Bertz CT molecular complexity index is 853. The fraction of sp³-hybridized carbons (Fsp3) is 0.353. The van der Waals surface area contributed by atoms with Crippen LogP contribution < -0.4 is 4.90 Å². The van der Waals surface area contributed by atoms with Gasteiger partial charge in [0, 0.05) is 25.4 Å². The Morgan fingerprint density at radius 1 is 1.09 bits per heavy atom. The summed E-state index contributed by atoms with van der Waals surface area (Å²) >= 11 is 0. The molecule has 0 N–H and O–H groups in total. The number of para-hydroxylation sites is 1. The molecule has 4 rings (SSSR count). The molecule has 2 aromatic heterocycles. The number of nitrogens with zero attached hydrogens (tertiary/aromatic N) is 4. The number of hydrogen-bond donors (Lipinski definition) is 0. The van der Waals surface area contributed by atoms with Gasteiger partial charge >= 0.3 is 0 Å². The molecule has 3 aromatic rings. The number of rotatable bonds is 2. The van der Waals surface area contributed by atoms with E-state index in [0.29, 0.717) is 24.9 Å². The third-order valence-electron chi connectivity index (χ3n) is 4.11. The van der Waals surface area contributed by atoms with Gasteiger partial charge in [-0.15, -0.1) is 0 Å². The normalized spacial score (nSPS) is 15.3. The summed E-state index contributed by atoms with van der Waals surface area (Å²) in [5.74, 6) is 2.04. The summed E-state index contributed by atoms with van der Waals surface area (Å²) in [6, 6.07) is 8.29. The third kappa shape index (κ3) is 2.55. The number of anilines is 1. The van der Waals surface area contributed by atoms with Gasteiger partial charge in [-0.05, 0) is 18.6 Å². The van der Waals surface area contributed by atoms with E-state index in [4.69, 9.17) is 14.2 Å². The maximum atomic E-state index is 5.46. The molecule has 1 aliphatic heterocycles. The molecule has 0 spiro atoms. The molecular weight excluding hydrogens is 292 g/mol. The van der Waals surface area contributed by atoms with E-state index < -0.39 is 0 Å². The summed E-state index contributed by atoms with van der Waals surface area (Å²) in [6.07, 6.45) is 0. The van der Waals surface area contributed by atoms with Gasteiger partial charge in [-0.1, -0.05) is 23.4 Å². The molecule has 0 atom stereocenters. The highest BCUT2D eigenvalue weighted by Crippen LogP contribution is 2.32. The summed E-state index contributed by atoms with van der Waals surface area (Å²) in [5, 5.41) is 5.17. The molecule has 0 amide bonds. The van der Waals surface area contributed by atoms with Gasteiger partial charge in [-0.25, -0.2) is 4.98 Å². The van der Waals surface area contributed by atoms with Gasteiger partial charge in [0.2, 0.25) is 11.7 Å². The molecule has 0 bridgehead atoms. The highest BCUT2D eigenvalue weighted by molar-refractivity contribution is 5.90. The minimum atomic E-state index is 0.553. The molecule has 1 aromatic carbocycles. The smallest absolute Gasteiger partial charge is 0.223 e. The van der Waals surface area contributed by atoms with Gasteiger partial charge in [0.15, 0.2) is 0 Å². The number of aromatic nitrogens is 3. The van der Waals surface area contributed by atoms with Crippen LogP contribution in [0.5, 0.6) is 0 Å². The number of pyridine rings is 1. The van der Waals surface area contributed by atoms with Gasteiger partial charge in [-0.2, -0.15) is 4.98 Å². The number of fused-ring (bicyclic) bond motifs is 1. The van der Waals surface area contributed by atoms with Gasteiger partial charge in [0.25, 0.3) is 0 Å². The molecule has 0 unspecified atom stereocenters. The van der Waals surface area contributed by atoms with E-state index in [1.807, 2.05) is 6.07 Å². The van der Waals surface area contributed by atoms with Gasteiger partial charge in [0.05, 0.1) is 24.3 Å². The van der Waals surface area contributed by atoms with Crippen LogP contribution in [0.25, 0.3) is 22.3 Å². The lowest BCUT2D eigenvalue weighted by Gasteiger charge is -2.29. The van der Waals surface area contributed by atoms with Crippen molar-refractivity contribution in [3.8, 4) is 11.4 Å². The Morgan fingerprint density at radius 3 is 2.65 bits per heavy atom. The summed E-state index contributed by atoms with van der Waals surface area (Å²) < 4.78 is 10.6. The van der Waals surface area contributed by atoms with Crippen LogP contribution >= 0.6 is 0 Å². The monoisotopic (exact) mass is 310 g/mol. The van der Waals surface area contributed by atoms with E-state index in [1.165, 1.54) is 0 Å². The summed E-state index contributed by atoms with van der Waals surface area (Å²) in [6.45, 7) is 6.92. The molecule has 0 radical (unpaired) electrons. The molecule has 3 heterocycles. The Kier molecular flexibility index (Phi) is 3.46. The van der Waals surface area contributed by atoms with E-state index in [1.54, 1.807) is 6.92 Å². The zero-order valence-electron chi connectivity index (χ0n) is 13.2. The van der Waals surface area contributed by atoms with Crippen molar-refractivity contribution in [2.45, 2.75) is 13.8 Å². The molecule has 6 nitrogen and oxygen atoms in total. The number of hydrogen-bond acceptors (Lipinski definition) is 6. The molecule has 118 valence electrons. The largest absolute Gasteiger partial charge is 0.378 e. The highest BCUT2D eigenvalue weighted by atomic mass is 16.5. The van der Waals surface area contributed by atoms with Crippen LogP contribution in [0.15, 0.2) is 28.8 Å². The van der Waals surface area contributed by atoms with Crippen molar-refractivity contribution in [1.82, 2.24) is 15.1 Å². The zero-order valence-corrected chi connectivity index (χ0v) is 13.2. The molecule has 0 saturated carbocycles. The zero-order chi connectivity index (χ0) is 15.8. The summed E-state index contributed by atoms with van der Waals surface area (Å²) in [5.41, 5.74) is 3.08. The average Bonchev–Trinajstić information content (AvgIpc) is 3.01. The standard InChI is InChI=1S/C17H18N4O2/c1-11-4-3-5-13-10-14(16-18-12(2)23-20-16)17(19-15(11)13)21-6-8-22-9-7-21/h3-5,10H,6-9H2,1-2H3. The van der Waals surface area contributed by atoms with Crippen LogP contribution in [0, 0.1) is 13.8 Å². The quantitative estimate of drug-likeness (QED) is 0.725. The Hall–Kier alpha value is -2.47. The van der Waals surface area contributed by atoms with Crippen LogP contribution in [0.4, 0.5) is 5.82 Å². The fourth-order valence-corrected chi connectivity index (χ4v) is 2.93. The second kappa shape index (κ2) is 5.62. The van der Waals surface area contributed by atoms with Gasteiger partial charge in [0.1, 0.15) is 5.82 Å². The minimum Gasteiger partial charge on any atom is -0.378 e. The van der Waals surface area contributed by atoms with E-state index in [9.17, 15) is 0 Å². The topological polar surface area (TPSA) is 64.3 Å². The van der Waals surface area contributed by atoms with Crippen LogP contribution in [0.1, 0.15) is 11.5 Å². The molecule has 23 heavy (non-hydrogen) atoms. The van der Waals surface area contributed by atoms with Gasteiger partial charge < -0.3 is 14.2 Å². The van der Waals surface area contributed by atoms with Crippen molar-refractivity contribution in [3.63, 3.8) is 0 Å². The minimum absolute atomic E-state index is 0.553. The second-order valence-corrected chi connectivity index (χ2v) is 5.74. The van der Waals surface area contributed by atoms with E-state index in [2.05, 4.69) is 40.2 Å². The lowest BCUT2D eigenvalue weighted by molar-refractivity contribution is 0.122. The number of aryl methyl sites for hydroxylation is 2. The first-order valence-electron chi connectivity index (χ1n) is 7.76. The fourth-order valence-electron chi connectivity index (χ4n) is 2.93. The first-order chi connectivity index (χ1) is 11.2. The average molecular weight is 310 g/mol. The van der Waals surface area contributed by atoms with E-state index >= 15 is 0 Å². The third-order valence-corrected chi connectivity index (χ3v) is 4.11. The molecule has 1 aliphatic rings. The first-order valence-corrected chi connectivity index (χ1v) is 7.76. The van der Waals surface area contributed by atoms with Crippen LogP contribution in [0.2, 0.25) is 0 Å². The lowest BCUT2D eigenvalue weighted by Crippen LogP contribution is -2.37. The van der Waals surface area contributed by atoms with Crippen molar-refractivity contribution < 1.29 is 9.26 Å². The summed E-state index contributed by atoms with van der Waals surface area (Å²) in [7, 11) is 0. The van der Waals surface area contributed by atoms with Crippen molar-refractivity contribution in [3.05, 3.63) is 35.7 Å². The maximum absolute atomic E-state index is 5.46. The lowest BCUT2D eigenvalue weighted by atomic mass is 10.1. The molecule has 6 heteroatoms. The molecule has 1 saturated heterocycles. The number of benzene rings is 1. The highest BCUT2D eigenvalue weighted by Gasteiger charge is 2.21. The summed E-state index contributed by atoms with van der Waals surface area (Å²) in [4.78, 5) is 11.6.